The van der Waals surface area contributed by atoms with Crippen LogP contribution < -0.4 is 5.32 Å². The van der Waals surface area contributed by atoms with Gasteiger partial charge in [-0.3, -0.25) is 15.0 Å². The van der Waals surface area contributed by atoms with Crippen LogP contribution in [0.25, 0.3) is 0 Å². The van der Waals surface area contributed by atoms with Gasteiger partial charge in [0.15, 0.2) is 0 Å². The maximum atomic E-state index is 11.6. The first-order valence-electron chi connectivity index (χ1n) is 7.25. The number of nitrogens with zero attached hydrogens (tertiary/aromatic N) is 1. The lowest BCUT2D eigenvalue weighted by atomic mass is 9.97. The molecular weight excluding hydrogens is 228 g/mol. The molecule has 0 spiro atoms. The van der Waals surface area contributed by atoms with Crippen LogP contribution in [0.1, 0.15) is 52.9 Å². The van der Waals surface area contributed by atoms with Crippen molar-refractivity contribution in [2.24, 2.45) is 0 Å². The second kappa shape index (κ2) is 5.17. The van der Waals surface area contributed by atoms with Crippen LogP contribution in [0.3, 0.4) is 0 Å². The zero-order chi connectivity index (χ0) is 13.3. The van der Waals surface area contributed by atoms with E-state index in [4.69, 9.17) is 0 Å². The molecule has 0 amide bonds. The largest absolute Gasteiger partial charge is 0.480 e. The van der Waals surface area contributed by atoms with Crippen molar-refractivity contribution in [1.82, 2.24) is 10.2 Å². The van der Waals surface area contributed by atoms with E-state index in [9.17, 15) is 9.90 Å². The lowest BCUT2D eigenvalue weighted by Crippen LogP contribution is -2.52. The van der Waals surface area contributed by atoms with Crippen LogP contribution >= 0.6 is 0 Å². The van der Waals surface area contributed by atoms with Crippen LogP contribution in [0.15, 0.2) is 0 Å². The fourth-order valence-corrected chi connectivity index (χ4v) is 3.35. The summed E-state index contributed by atoms with van der Waals surface area (Å²) in [5.41, 5.74) is -0.659. The fraction of sp³-hybridized carbons (Fsp3) is 0.929. The third-order valence-corrected chi connectivity index (χ3v) is 4.45. The molecule has 4 heteroatoms. The second-order valence-corrected chi connectivity index (χ2v) is 6.13. The number of hydrogen-bond acceptors (Lipinski definition) is 3. The molecule has 2 aliphatic carbocycles. The Balaban J connectivity index is 2.04. The highest BCUT2D eigenvalue weighted by Gasteiger charge is 2.49. The van der Waals surface area contributed by atoms with Crippen LogP contribution in [0, 0.1) is 0 Å². The third kappa shape index (κ3) is 2.69. The molecule has 2 unspecified atom stereocenters. The molecular formula is C14H26N2O2. The van der Waals surface area contributed by atoms with Crippen LogP contribution in [0.2, 0.25) is 0 Å². The van der Waals surface area contributed by atoms with Crippen molar-refractivity contribution in [3.63, 3.8) is 0 Å². The highest BCUT2D eigenvalue weighted by atomic mass is 16.4. The summed E-state index contributed by atoms with van der Waals surface area (Å²) < 4.78 is 0. The summed E-state index contributed by atoms with van der Waals surface area (Å²) in [4.78, 5) is 14.1. The van der Waals surface area contributed by atoms with Gasteiger partial charge in [0.25, 0.3) is 0 Å². The standard InChI is InChI=1S/C14H26N2O2/c1-4-16(10(2)3)12-7-8-14(9-12,13(17)18)15-11-5-6-11/h10-12,15H,4-9H2,1-3H3,(H,17,18). The van der Waals surface area contributed by atoms with Crippen LogP contribution in [-0.2, 0) is 4.79 Å². The average molecular weight is 254 g/mol. The van der Waals surface area contributed by atoms with Gasteiger partial charge in [0.1, 0.15) is 5.54 Å². The normalized spacial score (nSPS) is 32.4. The van der Waals surface area contributed by atoms with Crippen molar-refractivity contribution in [2.45, 2.75) is 76.5 Å². The minimum atomic E-state index is -0.659. The SMILES string of the molecule is CCN(C(C)C)C1CCC(NC2CC2)(C(=O)O)C1. The molecule has 0 heterocycles. The Bertz CT molecular complexity index is 315. The molecule has 2 fully saturated rings. The van der Waals surface area contributed by atoms with E-state index < -0.39 is 11.5 Å². The summed E-state index contributed by atoms with van der Waals surface area (Å²) in [6.45, 7) is 7.55. The smallest absolute Gasteiger partial charge is 0.323 e. The van der Waals surface area contributed by atoms with Crippen molar-refractivity contribution in [3.05, 3.63) is 0 Å². The molecule has 0 saturated heterocycles. The number of aliphatic carboxylic acids is 1. The van der Waals surface area contributed by atoms with E-state index in [0.29, 0.717) is 18.1 Å². The van der Waals surface area contributed by atoms with Crippen molar-refractivity contribution < 1.29 is 9.90 Å². The molecule has 0 radical (unpaired) electrons. The van der Waals surface area contributed by atoms with E-state index in [-0.39, 0.29) is 0 Å². The summed E-state index contributed by atoms with van der Waals surface area (Å²) in [7, 11) is 0. The maximum absolute atomic E-state index is 11.6. The van der Waals surface area contributed by atoms with Gasteiger partial charge in [0.2, 0.25) is 0 Å². The van der Waals surface area contributed by atoms with Crippen LogP contribution in [0.4, 0.5) is 0 Å². The molecule has 2 atom stereocenters. The second-order valence-electron chi connectivity index (χ2n) is 6.13. The van der Waals surface area contributed by atoms with Gasteiger partial charge in [-0.15, -0.1) is 0 Å². The van der Waals surface area contributed by atoms with Crippen LogP contribution in [0.5, 0.6) is 0 Å². The first-order valence-corrected chi connectivity index (χ1v) is 7.25. The molecule has 104 valence electrons. The maximum Gasteiger partial charge on any atom is 0.323 e. The van der Waals surface area contributed by atoms with Gasteiger partial charge in [0, 0.05) is 18.1 Å². The molecule has 0 aromatic rings. The summed E-state index contributed by atoms with van der Waals surface area (Å²) in [6.07, 6.45) is 4.80. The summed E-state index contributed by atoms with van der Waals surface area (Å²) in [5.74, 6) is -0.656. The quantitative estimate of drug-likeness (QED) is 0.759. The van der Waals surface area contributed by atoms with Gasteiger partial charge in [-0.1, -0.05) is 6.92 Å². The number of hydrogen-bond donors (Lipinski definition) is 2. The molecule has 0 aromatic carbocycles. The van der Waals surface area contributed by atoms with E-state index in [2.05, 4.69) is 31.0 Å². The number of rotatable bonds is 6. The Labute approximate surface area is 110 Å². The summed E-state index contributed by atoms with van der Waals surface area (Å²) in [6, 6.07) is 1.36. The third-order valence-electron chi connectivity index (χ3n) is 4.45. The Morgan fingerprint density at radius 1 is 1.44 bits per heavy atom. The minimum absolute atomic E-state index is 0.414. The van der Waals surface area contributed by atoms with E-state index in [1.807, 2.05) is 0 Å². The predicted molar refractivity (Wildman–Crippen MR) is 71.7 cm³/mol. The first kappa shape index (κ1) is 13.8. The lowest BCUT2D eigenvalue weighted by Gasteiger charge is -2.33. The molecule has 0 aromatic heterocycles. The number of nitrogens with one attached hydrogen (secondary N) is 1. The first-order chi connectivity index (χ1) is 8.48. The highest BCUT2D eigenvalue weighted by Crippen LogP contribution is 2.37. The van der Waals surface area contributed by atoms with Gasteiger partial charge in [-0.05, 0) is 52.5 Å². The fourth-order valence-electron chi connectivity index (χ4n) is 3.35. The summed E-state index contributed by atoms with van der Waals surface area (Å²) in [5, 5.41) is 13.0. The van der Waals surface area contributed by atoms with Gasteiger partial charge in [0.05, 0.1) is 0 Å². The van der Waals surface area contributed by atoms with Crippen molar-refractivity contribution in [3.8, 4) is 0 Å². The van der Waals surface area contributed by atoms with Crippen molar-refractivity contribution in [2.75, 3.05) is 6.54 Å². The van der Waals surface area contributed by atoms with Crippen molar-refractivity contribution in [1.29, 1.82) is 0 Å². The van der Waals surface area contributed by atoms with Gasteiger partial charge >= 0.3 is 5.97 Å². The molecule has 2 N–H and O–H groups in total. The monoisotopic (exact) mass is 254 g/mol. The zero-order valence-corrected chi connectivity index (χ0v) is 11.8. The van der Waals surface area contributed by atoms with E-state index in [1.165, 1.54) is 0 Å². The highest BCUT2D eigenvalue weighted by molar-refractivity contribution is 5.79. The van der Waals surface area contributed by atoms with Crippen molar-refractivity contribution >= 4 is 5.97 Å². The Morgan fingerprint density at radius 2 is 2.11 bits per heavy atom. The van der Waals surface area contributed by atoms with E-state index in [0.717, 1.165) is 38.6 Å². The number of carbonyl (C=O) groups is 1. The number of carboxylic acids is 1. The molecule has 4 nitrogen and oxygen atoms in total. The Hall–Kier alpha value is -0.610. The average Bonchev–Trinajstić information content (AvgIpc) is 2.99. The van der Waals surface area contributed by atoms with E-state index in [1.54, 1.807) is 0 Å². The lowest BCUT2D eigenvalue weighted by molar-refractivity contribution is -0.145. The minimum Gasteiger partial charge on any atom is -0.480 e. The van der Waals surface area contributed by atoms with Gasteiger partial charge < -0.3 is 5.11 Å². The summed E-state index contributed by atoms with van der Waals surface area (Å²) >= 11 is 0. The van der Waals surface area contributed by atoms with Gasteiger partial charge in [-0.25, -0.2) is 0 Å². The molecule has 2 aliphatic rings. The Kier molecular flexibility index (Phi) is 3.97. The Morgan fingerprint density at radius 3 is 2.56 bits per heavy atom. The molecule has 2 saturated carbocycles. The zero-order valence-electron chi connectivity index (χ0n) is 11.8. The molecule has 18 heavy (non-hydrogen) atoms. The number of carboxylic acid groups (broad SMARTS) is 1. The van der Waals surface area contributed by atoms with E-state index >= 15 is 0 Å². The molecule has 0 bridgehead atoms. The van der Waals surface area contributed by atoms with Gasteiger partial charge in [-0.2, -0.15) is 0 Å². The molecule has 0 aliphatic heterocycles. The molecule has 2 rings (SSSR count). The topological polar surface area (TPSA) is 52.6 Å². The van der Waals surface area contributed by atoms with Crippen LogP contribution in [-0.4, -0.2) is 46.2 Å². The predicted octanol–water partition coefficient (Wildman–Crippen LogP) is 1.84.